The van der Waals surface area contributed by atoms with Gasteiger partial charge in [-0.15, -0.1) is 0 Å². The van der Waals surface area contributed by atoms with E-state index < -0.39 is 29.9 Å². The molecule has 1 aliphatic heterocycles. The molecule has 1 aromatic rings. The van der Waals surface area contributed by atoms with Gasteiger partial charge in [0.05, 0.1) is 46.0 Å². The average molecular weight is 760 g/mol. The standard InChI is InChI=1S/C29H46N6O10S.Y/c1-44-14-15-45-13-6-30-29(46)31-23-4-2-22(3-5-23)16-24-17-34(20-27(40)41)10-9-32(18-25(36)37)7-8-33(19-26(38)39)11-12-35(24)21-28(42)43;/h2-5,24H,6-21H2,1H3,(H,36,37)(H,38,39)(H,40,41)(H,42,43)(H2,30,31,46);. The Bertz CT molecular complexity index is 1140. The van der Waals surface area contributed by atoms with Gasteiger partial charge in [0.25, 0.3) is 0 Å². The number of anilines is 1. The van der Waals surface area contributed by atoms with Gasteiger partial charge in [-0.3, -0.25) is 38.8 Å². The van der Waals surface area contributed by atoms with Crippen molar-refractivity contribution in [2.45, 2.75) is 12.5 Å². The van der Waals surface area contributed by atoms with Crippen molar-refractivity contribution in [2.24, 2.45) is 0 Å². The third-order valence-electron chi connectivity index (χ3n) is 7.22. The van der Waals surface area contributed by atoms with E-state index in [1.54, 1.807) is 26.7 Å². The van der Waals surface area contributed by atoms with E-state index in [4.69, 9.17) is 21.7 Å². The molecule has 0 bridgehead atoms. The molecule has 0 aromatic heterocycles. The normalized spacial score (nSPS) is 17.4. The number of carboxylic acid groups (broad SMARTS) is 4. The van der Waals surface area contributed by atoms with Crippen LogP contribution in [0.2, 0.25) is 0 Å². The summed E-state index contributed by atoms with van der Waals surface area (Å²) in [6.07, 6.45) is 0.378. The Labute approximate surface area is 305 Å². The second-order valence-electron chi connectivity index (χ2n) is 10.9. The molecule has 0 amide bonds. The van der Waals surface area contributed by atoms with E-state index in [0.29, 0.717) is 37.9 Å². The number of carboxylic acids is 4. The SMILES string of the molecule is COCCOCCNC(=S)Nc1ccc(CC2CN(CC(=O)O)CCN(CC(=O)O)CCN(CC(=O)O)CCN2CC(=O)O)cc1.[Y]. The topological polar surface area (TPSA) is 205 Å². The first-order valence-corrected chi connectivity index (χ1v) is 15.3. The van der Waals surface area contributed by atoms with Crippen molar-refractivity contribution in [2.75, 3.05) is 111 Å². The number of benzene rings is 1. The quantitative estimate of drug-likeness (QED) is 0.0842. The van der Waals surface area contributed by atoms with Gasteiger partial charge in [-0.2, -0.15) is 0 Å². The zero-order valence-electron chi connectivity index (χ0n) is 26.7. The van der Waals surface area contributed by atoms with Gasteiger partial charge in [-0.25, -0.2) is 0 Å². The Morgan fingerprint density at radius 1 is 0.766 bits per heavy atom. The number of rotatable bonds is 17. The van der Waals surface area contributed by atoms with Gasteiger partial charge in [0.1, 0.15) is 0 Å². The first-order chi connectivity index (χ1) is 21.9. The van der Waals surface area contributed by atoms with Gasteiger partial charge in [0.15, 0.2) is 5.11 Å². The Kier molecular flexibility index (Phi) is 21.7. The number of aliphatic carboxylic acids is 4. The van der Waals surface area contributed by atoms with Crippen molar-refractivity contribution in [3.63, 3.8) is 0 Å². The van der Waals surface area contributed by atoms with Gasteiger partial charge in [-0.1, -0.05) is 12.1 Å². The zero-order chi connectivity index (χ0) is 33.9. The maximum atomic E-state index is 11.9. The fourth-order valence-electron chi connectivity index (χ4n) is 5.01. The second-order valence-corrected chi connectivity index (χ2v) is 11.3. The third-order valence-corrected chi connectivity index (χ3v) is 7.46. The molecule has 2 rings (SSSR count). The molecule has 1 atom stereocenters. The van der Waals surface area contributed by atoms with Crippen LogP contribution in [0, 0.1) is 0 Å². The summed E-state index contributed by atoms with van der Waals surface area (Å²) in [6.45, 7) is 2.35. The van der Waals surface area contributed by atoms with Crippen molar-refractivity contribution >= 4 is 46.9 Å². The Morgan fingerprint density at radius 3 is 1.81 bits per heavy atom. The summed E-state index contributed by atoms with van der Waals surface area (Å²) in [5, 5.41) is 44.8. The van der Waals surface area contributed by atoms with Gasteiger partial charge >= 0.3 is 23.9 Å². The Morgan fingerprint density at radius 2 is 1.28 bits per heavy atom. The number of nitrogens with one attached hydrogen (secondary N) is 2. The van der Waals surface area contributed by atoms with Crippen LogP contribution in [-0.2, 0) is 67.8 Å². The van der Waals surface area contributed by atoms with Crippen LogP contribution in [0.4, 0.5) is 5.69 Å². The van der Waals surface area contributed by atoms with Crippen LogP contribution in [0.3, 0.4) is 0 Å². The van der Waals surface area contributed by atoms with E-state index in [-0.39, 0.29) is 105 Å². The molecule has 1 heterocycles. The van der Waals surface area contributed by atoms with Crippen molar-refractivity contribution in [1.29, 1.82) is 0 Å². The van der Waals surface area contributed by atoms with Gasteiger partial charge < -0.3 is 40.5 Å². The number of nitrogens with zero attached hydrogens (tertiary/aromatic N) is 4. The molecular formula is C29H46N6O10SY. The number of ether oxygens (including phenoxy) is 2. The van der Waals surface area contributed by atoms with Crippen molar-refractivity contribution < 1.29 is 81.8 Å². The molecule has 261 valence electrons. The summed E-state index contributed by atoms with van der Waals surface area (Å²) in [5.74, 6) is -4.23. The number of hydrogen-bond donors (Lipinski definition) is 6. The van der Waals surface area contributed by atoms with Crippen LogP contribution in [0.1, 0.15) is 5.56 Å². The van der Waals surface area contributed by atoms with E-state index in [9.17, 15) is 39.6 Å². The minimum Gasteiger partial charge on any atom is -0.480 e. The van der Waals surface area contributed by atoms with Crippen LogP contribution in [0.25, 0.3) is 0 Å². The van der Waals surface area contributed by atoms with Crippen molar-refractivity contribution in [3.05, 3.63) is 29.8 Å². The van der Waals surface area contributed by atoms with Crippen LogP contribution >= 0.6 is 12.2 Å². The van der Waals surface area contributed by atoms with E-state index in [1.165, 1.54) is 0 Å². The largest absolute Gasteiger partial charge is 0.480 e. The molecule has 0 saturated carbocycles. The van der Waals surface area contributed by atoms with Gasteiger partial charge in [0.2, 0.25) is 0 Å². The first-order valence-electron chi connectivity index (χ1n) is 14.9. The number of methoxy groups -OCH3 is 1. The van der Waals surface area contributed by atoms with E-state index >= 15 is 0 Å². The molecule has 0 spiro atoms. The van der Waals surface area contributed by atoms with Gasteiger partial charge in [0, 0.05) is 104 Å². The van der Waals surface area contributed by atoms with Crippen LogP contribution in [0.5, 0.6) is 0 Å². The number of thiocarbonyl (C=S) groups is 1. The summed E-state index contributed by atoms with van der Waals surface area (Å²) in [7, 11) is 1.60. The Hall–Kier alpha value is -2.35. The smallest absolute Gasteiger partial charge is 0.317 e. The number of hydrogen-bond acceptors (Lipinski definition) is 11. The molecule has 16 nitrogen and oxygen atoms in total. The molecule has 18 heteroatoms. The molecule has 0 aliphatic carbocycles. The molecule has 1 unspecified atom stereocenters. The molecule has 47 heavy (non-hydrogen) atoms. The van der Waals surface area contributed by atoms with Crippen LogP contribution < -0.4 is 10.6 Å². The second kappa shape index (κ2) is 23.9. The van der Waals surface area contributed by atoms with Crippen molar-refractivity contribution in [3.8, 4) is 0 Å². The minimum absolute atomic E-state index is 0. The number of carbonyl (C=O) groups is 4. The molecule has 1 radical (unpaired) electrons. The maximum absolute atomic E-state index is 11.9. The van der Waals surface area contributed by atoms with Crippen molar-refractivity contribution in [1.82, 2.24) is 24.9 Å². The third kappa shape index (κ3) is 19.3. The fraction of sp³-hybridized carbons (Fsp3) is 0.621. The minimum atomic E-state index is -1.07. The Balaban J connectivity index is 0.0000110. The van der Waals surface area contributed by atoms with E-state index in [1.807, 2.05) is 24.3 Å². The molecule has 1 aliphatic rings. The fourth-order valence-corrected chi connectivity index (χ4v) is 5.23. The molecular weight excluding hydrogens is 713 g/mol. The zero-order valence-corrected chi connectivity index (χ0v) is 30.4. The molecule has 1 aromatic carbocycles. The average Bonchev–Trinajstić information content (AvgIpc) is 2.97. The maximum Gasteiger partial charge on any atom is 0.317 e. The first kappa shape index (κ1) is 42.7. The summed E-state index contributed by atoms with van der Waals surface area (Å²) in [4.78, 5) is 53.5. The van der Waals surface area contributed by atoms with Crippen LogP contribution in [0.15, 0.2) is 24.3 Å². The molecule has 1 fully saturated rings. The molecule has 6 N–H and O–H groups in total. The molecule has 1 saturated heterocycles. The van der Waals surface area contributed by atoms with E-state index in [2.05, 4.69) is 10.6 Å². The van der Waals surface area contributed by atoms with Gasteiger partial charge in [-0.05, 0) is 36.3 Å². The summed E-state index contributed by atoms with van der Waals surface area (Å²) >= 11 is 5.35. The van der Waals surface area contributed by atoms with Crippen LogP contribution in [-0.4, -0.2) is 181 Å². The predicted molar refractivity (Wildman–Crippen MR) is 172 cm³/mol. The summed E-state index contributed by atoms with van der Waals surface area (Å²) in [5.41, 5.74) is 1.60. The summed E-state index contributed by atoms with van der Waals surface area (Å²) < 4.78 is 10.3. The predicted octanol–water partition coefficient (Wildman–Crippen LogP) is -0.895. The monoisotopic (exact) mass is 759 g/mol. The summed E-state index contributed by atoms with van der Waals surface area (Å²) in [6, 6.07) is 6.97. The van der Waals surface area contributed by atoms with E-state index in [0.717, 1.165) is 11.3 Å².